The van der Waals surface area contributed by atoms with Crippen LogP contribution in [0.5, 0.6) is 0 Å². The topological polar surface area (TPSA) is 144 Å². The Labute approximate surface area is 151 Å². The van der Waals surface area contributed by atoms with Crippen molar-refractivity contribution < 1.29 is 22.4 Å². The fourth-order valence-corrected chi connectivity index (χ4v) is 2.57. The highest BCUT2D eigenvalue weighted by atomic mass is 32.2. The quantitative estimate of drug-likeness (QED) is 0.513. The number of carbonyl (C=O) groups excluding carboxylic acids is 2. The molecule has 10 heteroatoms. The molecule has 5 N–H and O–H groups in total. The molecule has 0 aliphatic carbocycles. The van der Waals surface area contributed by atoms with E-state index < -0.39 is 16.1 Å². The predicted octanol–water partition coefficient (Wildman–Crippen LogP) is 0.0851. The van der Waals surface area contributed by atoms with Crippen LogP contribution in [-0.4, -0.2) is 33.4 Å². The molecule has 0 aliphatic rings. The number of hydrogen-bond acceptors (Lipinski definition) is 5. The van der Waals surface area contributed by atoms with Crippen LogP contribution in [0.25, 0.3) is 0 Å². The van der Waals surface area contributed by atoms with Crippen molar-refractivity contribution in [2.45, 2.75) is 17.9 Å². The average molecular weight is 380 g/mol. The van der Waals surface area contributed by atoms with Crippen LogP contribution in [0.1, 0.15) is 11.3 Å². The van der Waals surface area contributed by atoms with Gasteiger partial charge in [-0.2, -0.15) is 0 Å². The highest BCUT2D eigenvalue weighted by Gasteiger charge is 2.08. The SMILES string of the molecule is NS(=O)(=O)c1ccc(CCNC(=O)NCC(=O)NCc2ccco2)cc1. The second-order valence-corrected chi connectivity index (χ2v) is 6.97. The van der Waals surface area contributed by atoms with E-state index in [1.165, 1.54) is 18.4 Å². The zero-order chi connectivity index (χ0) is 19.0. The molecule has 9 nitrogen and oxygen atoms in total. The van der Waals surface area contributed by atoms with E-state index in [2.05, 4.69) is 16.0 Å². The number of furan rings is 1. The van der Waals surface area contributed by atoms with Crippen molar-refractivity contribution >= 4 is 22.0 Å². The molecule has 0 fully saturated rings. The molecule has 26 heavy (non-hydrogen) atoms. The van der Waals surface area contributed by atoms with Gasteiger partial charge < -0.3 is 20.4 Å². The van der Waals surface area contributed by atoms with Gasteiger partial charge >= 0.3 is 6.03 Å². The lowest BCUT2D eigenvalue weighted by molar-refractivity contribution is -0.120. The maximum absolute atomic E-state index is 11.6. The van der Waals surface area contributed by atoms with Gasteiger partial charge in [-0.05, 0) is 36.2 Å². The Kier molecular flexibility index (Phi) is 6.75. The summed E-state index contributed by atoms with van der Waals surface area (Å²) in [6.45, 7) is 0.424. The zero-order valence-electron chi connectivity index (χ0n) is 13.9. The third-order valence-electron chi connectivity index (χ3n) is 3.40. The van der Waals surface area contributed by atoms with E-state index in [0.717, 1.165) is 5.56 Å². The normalized spacial score (nSPS) is 11.0. The largest absolute Gasteiger partial charge is 0.467 e. The number of amides is 3. The summed E-state index contributed by atoms with van der Waals surface area (Å²) in [5, 5.41) is 12.7. The molecule has 1 aromatic carbocycles. The average Bonchev–Trinajstić information content (AvgIpc) is 3.11. The number of nitrogens with two attached hydrogens (primary N) is 1. The van der Waals surface area contributed by atoms with E-state index in [1.807, 2.05) is 0 Å². The van der Waals surface area contributed by atoms with Gasteiger partial charge in [0, 0.05) is 6.54 Å². The van der Waals surface area contributed by atoms with Crippen LogP contribution >= 0.6 is 0 Å². The first kappa shape index (κ1) is 19.5. The highest BCUT2D eigenvalue weighted by molar-refractivity contribution is 7.89. The summed E-state index contributed by atoms with van der Waals surface area (Å²) in [6.07, 6.45) is 2.01. The third-order valence-corrected chi connectivity index (χ3v) is 4.33. The van der Waals surface area contributed by atoms with Gasteiger partial charge in [0.15, 0.2) is 0 Å². The van der Waals surface area contributed by atoms with Crippen LogP contribution in [0.15, 0.2) is 52.0 Å². The maximum atomic E-state index is 11.6. The van der Waals surface area contributed by atoms with Gasteiger partial charge in [-0.15, -0.1) is 0 Å². The van der Waals surface area contributed by atoms with Gasteiger partial charge in [-0.3, -0.25) is 4.79 Å². The molecule has 1 heterocycles. The predicted molar refractivity (Wildman–Crippen MR) is 93.5 cm³/mol. The van der Waals surface area contributed by atoms with Crippen molar-refractivity contribution in [3.8, 4) is 0 Å². The first-order valence-electron chi connectivity index (χ1n) is 7.77. The number of rotatable bonds is 8. The highest BCUT2D eigenvalue weighted by Crippen LogP contribution is 2.08. The summed E-state index contributed by atoms with van der Waals surface area (Å²) in [6, 6.07) is 9.05. The number of sulfonamides is 1. The van der Waals surface area contributed by atoms with E-state index in [9.17, 15) is 18.0 Å². The van der Waals surface area contributed by atoms with Gasteiger partial charge in [0.1, 0.15) is 5.76 Å². The summed E-state index contributed by atoms with van der Waals surface area (Å²) >= 11 is 0. The lowest BCUT2D eigenvalue weighted by Crippen LogP contribution is -2.42. The summed E-state index contributed by atoms with van der Waals surface area (Å²) in [5.41, 5.74) is 0.842. The first-order chi connectivity index (χ1) is 12.3. The lowest BCUT2D eigenvalue weighted by Gasteiger charge is -2.08. The summed E-state index contributed by atoms with van der Waals surface area (Å²) in [5.74, 6) is 0.284. The second-order valence-electron chi connectivity index (χ2n) is 5.40. The number of primary sulfonamides is 1. The van der Waals surface area contributed by atoms with Crippen molar-refractivity contribution in [3.05, 3.63) is 54.0 Å². The Morgan fingerprint density at radius 1 is 1.04 bits per heavy atom. The maximum Gasteiger partial charge on any atom is 0.315 e. The summed E-state index contributed by atoms with van der Waals surface area (Å²) in [4.78, 5) is 23.3. The Balaban J connectivity index is 1.63. The minimum Gasteiger partial charge on any atom is -0.467 e. The molecule has 0 unspecified atom stereocenters. The summed E-state index contributed by atoms with van der Waals surface area (Å²) < 4.78 is 27.4. The Hall–Kier alpha value is -2.85. The fourth-order valence-electron chi connectivity index (χ4n) is 2.05. The van der Waals surface area contributed by atoms with Gasteiger partial charge in [0.2, 0.25) is 15.9 Å². The monoisotopic (exact) mass is 380 g/mol. The Morgan fingerprint density at radius 2 is 1.77 bits per heavy atom. The lowest BCUT2D eigenvalue weighted by atomic mass is 10.1. The van der Waals surface area contributed by atoms with E-state index in [1.54, 1.807) is 24.3 Å². The van der Waals surface area contributed by atoms with Crippen molar-refractivity contribution in [2.75, 3.05) is 13.1 Å². The van der Waals surface area contributed by atoms with Crippen molar-refractivity contribution in [1.82, 2.24) is 16.0 Å². The standard InChI is InChI=1S/C16H20N4O5S/c17-26(23,24)14-5-3-12(4-6-14)7-8-18-16(22)20-11-15(21)19-10-13-2-1-9-25-13/h1-6,9H,7-8,10-11H2,(H,19,21)(H2,17,23,24)(H2,18,20,22). The molecule has 0 bridgehead atoms. The molecule has 0 radical (unpaired) electrons. The molecule has 2 rings (SSSR count). The molecule has 0 saturated carbocycles. The molecule has 140 valence electrons. The van der Waals surface area contributed by atoms with Gasteiger partial charge in [0.05, 0.1) is 24.2 Å². The number of benzene rings is 1. The number of carbonyl (C=O) groups is 2. The van der Waals surface area contributed by atoms with E-state index >= 15 is 0 Å². The van der Waals surface area contributed by atoms with E-state index in [-0.39, 0.29) is 23.9 Å². The van der Waals surface area contributed by atoms with Crippen molar-refractivity contribution in [2.24, 2.45) is 5.14 Å². The molecule has 0 saturated heterocycles. The van der Waals surface area contributed by atoms with E-state index in [0.29, 0.717) is 18.7 Å². The minimum atomic E-state index is -3.71. The van der Waals surface area contributed by atoms with Crippen molar-refractivity contribution in [3.63, 3.8) is 0 Å². The molecule has 1 aromatic heterocycles. The molecule has 0 spiro atoms. The summed E-state index contributed by atoms with van der Waals surface area (Å²) in [7, 11) is -3.71. The molecule has 3 amide bonds. The fraction of sp³-hybridized carbons (Fsp3) is 0.250. The molecule has 0 aliphatic heterocycles. The molecular formula is C16H20N4O5S. The smallest absolute Gasteiger partial charge is 0.315 e. The number of urea groups is 1. The second kappa shape index (κ2) is 9.02. The Morgan fingerprint density at radius 3 is 2.38 bits per heavy atom. The van der Waals surface area contributed by atoms with Gasteiger partial charge in [-0.1, -0.05) is 12.1 Å². The zero-order valence-corrected chi connectivity index (χ0v) is 14.7. The molecule has 2 aromatic rings. The van der Waals surface area contributed by atoms with E-state index in [4.69, 9.17) is 9.56 Å². The van der Waals surface area contributed by atoms with Crippen LogP contribution in [0, 0.1) is 0 Å². The van der Waals surface area contributed by atoms with Crippen LogP contribution in [0.4, 0.5) is 4.79 Å². The molecular weight excluding hydrogens is 360 g/mol. The van der Waals surface area contributed by atoms with Crippen LogP contribution in [-0.2, 0) is 27.8 Å². The van der Waals surface area contributed by atoms with Crippen LogP contribution < -0.4 is 21.1 Å². The number of hydrogen-bond donors (Lipinski definition) is 4. The van der Waals surface area contributed by atoms with Crippen LogP contribution in [0.3, 0.4) is 0 Å². The third kappa shape index (κ3) is 6.57. The molecule has 0 atom stereocenters. The van der Waals surface area contributed by atoms with Crippen LogP contribution in [0.2, 0.25) is 0 Å². The van der Waals surface area contributed by atoms with Gasteiger partial charge in [0.25, 0.3) is 0 Å². The van der Waals surface area contributed by atoms with Gasteiger partial charge in [-0.25, -0.2) is 18.4 Å². The Bertz CT molecular complexity index is 832. The number of nitrogens with one attached hydrogen (secondary N) is 3. The minimum absolute atomic E-state index is 0.0347. The van der Waals surface area contributed by atoms with Crippen molar-refractivity contribution in [1.29, 1.82) is 0 Å². The first-order valence-corrected chi connectivity index (χ1v) is 9.32.